The van der Waals surface area contributed by atoms with Crippen molar-refractivity contribution in [3.8, 4) is 0 Å². The average Bonchev–Trinajstić information content (AvgIpc) is 3.49. The van der Waals surface area contributed by atoms with Crippen LogP contribution in [0.25, 0.3) is 0 Å². The van der Waals surface area contributed by atoms with Crippen LogP contribution in [0.5, 0.6) is 0 Å². The van der Waals surface area contributed by atoms with E-state index in [2.05, 4.69) is 55.3 Å². The van der Waals surface area contributed by atoms with Gasteiger partial charge in [0, 0.05) is 38.6 Å². The second-order valence-corrected chi connectivity index (χ2v) is 9.32. The van der Waals surface area contributed by atoms with E-state index in [4.69, 9.17) is 0 Å². The van der Waals surface area contributed by atoms with E-state index in [1.807, 2.05) is 11.8 Å². The summed E-state index contributed by atoms with van der Waals surface area (Å²) in [6.07, 6.45) is 3.55. The molecule has 2 fully saturated rings. The van der Waals surface area contributed by atoms with Gasteiger partial charge in [0.2, 0.25) is 11.8 Å². The van der Waals surface area contributed by atoms with Gasteiger partial charge in [0.25, 0.3) is 0 Å². The Bertz CT molecular complexity index is 681. The minimum Gasteiger partial charge on any atom is -0.352 e. The predicted molar refractivity (Wildman–Crippen MR) is 112 cm³/mol. The quantitative estimate of drug-likeness (QED) is 0.819. The van der Waals surface area contributed by atoms with Gasteiger partial charge in [0.1, 0.15) is 0 Å². The first-order valence-electron chi connectivity index (χ1n) is 10.7. The number of nitrogens with one attached hydrogen (secondary N) is 1. The number of hydrogen-bond acceptors (Lipinski definition) is 3. The van der Waals surface area contributed by atoms with Gasteiger partial charge in [-0.15, -0.1) is 0 Å². The van der Waals surface area contributed by atoms with Gasteiger partial charge in [-0.05, 0) is 42.7 Å². The molecule has 1 aromatic carbocycles. The van der Waals surface area contributed by atoms with E-state index in [0.717, 1.165) is 32.4 Å². The van der Waals surface area contributed by atoms with Gasteiger partial charge in [-0.2, -0.15) is 0 Å². The molecule has 5 heteroatoms. The van der Waals surface area contributed by atoms with Gasteiger partial charge >= 0.3 is 0 Å². The Labute approximate surface area is 169 Å². The van der Waals surface area contributed by atoms with Crippen molar-refractivity contribution in [1.82, 2.24) is 15.1 Å². The van der Waals surface area contributed by atoms with Crippen molar-refractivity contribution in [2.24, 2.45) is 0 Å². The SMILES string of the molecule is CC(C(=O)NC1CC1)N1CCN(C(=O)CCc2ccc(C(C)(C)C)cc2)CC1. The van der Waals surface area contributed by atoms with E-state index in [1.165, 1.54) is 11.1 Å². The van der Waals surface area contributed by atoms with Gasteiger partial charge in [-0.1, -0.05) is 45.0 Å². The first-order valence-corrected chi connectivity index (χ1v) is 10.7. The molecule has 0 aromatic heterocycles. The molecule has 1 aliphatic carbocycles. The van der Waals surface area contributed by atoms with Crippen molar-refractivity contribution in [3.05, 3.63) is 35.4 Å². The molecule has 1 saturated carbocycles. The van der Waals surface area contributed by atoms with Crippen LogP contribution in [0.15, 0.2) is 24.3 Å². The van der Waals surface area contributed by atoms with E-state index in [0.29, 0.717) is 25.6 Å². The lowest BCUT2D eigenvalue weighted by Crippen LogP contribution is -2.55. The van der Waals surface area contributed by atoms with Gasteiger partial charge in [0.15, 0.2) is 0 Å². The summed E-state index contributed by atoms with van der Waals surface area (Å²) in [6, 6.07) is 8.92. The average molecular weight is 386 g/mol. The molecule has 1 aromatic rings. The molecule has 0 spiro atoms. The molecule has 28 heavy (non-hydrogen) atoms. The summed E-state index contributed by atoms with van der Waals surface area (Å²) in [5, 5.41) is 3.08. The standard InChI is InChI=1S/C23H35N3O2/c1-17(22(28)24-20-10-11-20)25-13-15-26(16-14-25)21(27)12-7-18-5-8-19(9-6-18)23(2,3)4/h5-6,8-9,17,20H,7,10-16H2,1-4H3,(H,24,28). The highest BCUT2D eigenvalue weighted by molar-refractivity contribution is 5.82. The van der Waals surface area contributed by atoms with Crippen LogP contribution in [0, 0.1) is 0 Å². The normalized spacial score (nSPS) is 19.4. The molecular formula is C23H35N3O2. The minimum atomic E-state index is -0.112. The summed E-state index contributed by atoms with van der Waals surface area (Å²) in [5.74, 6) is 0.343. The lowest BCUT2D eigenvalue weighted by Gasteiger charge is -2.37. The van der Waals surface area contributed by atoms with Crippen LogP contribution < -0.4 is 5.32 Å². The topological polar surface area (TPSA) is 52.7 Å². The van der Waals surface area contributed by atoms with E-state index < -0.39 is 0 Å². The Balaban J connectivity index is 1.41. The van der Waals surface area contributed by atoms with Crippen LogP contribution in [0.4, 0.5) is 0 Å². The van der Waals surface area contributed by atoms with Gasteiger partial charge in [-0.3, -0.25) is 14.5 Å². The molecule has 3 rings (SSSR count). The second-order valence-electron chi connectivity index (χ2n) is 9.32. The van der Waals surface area contributed by atoms with Crippen LogP contribution >= 0.6 is 0 Å². The Morgan fingerprint density at radius 1 is 1.07 bits per heavy atom. The number of piperazine rings is 1. The Hall–Kier alpha value is -1.88. The highest BCUT2D eigenvalue weighted by Gasteiger charge is 2.30. The third-order valence-corrected chi connectivity index (χ3v) is 5.97. The zero-order valence-electron chi connectivity index (χ0n) is 17.8. The number of carbonyl (C=O) groups excluding carboxylic acids is 2. The van der Waals surface area contributed by atoms with Gasteiger partial charge < -0.3 is 10.2 Å². The van der Waals surface area contributed by atoms with Crippen molar-refractivity contribution in [3.63, 3.8) is 0 Å². The van der Waals surface area contributed by atoms with E-state index >= 15 is 0 Å². The smallest absolute Gasteiger partial charge is 0.237 e. The summed E-state index contributed by atoms with van der Waals surface area (Å²) in [6.45, 7) is 11.6. The van der Waals surface area contributed by atoms with Crippen molar-refractivity contribution in [1.29, 1.82) is 0 Å². The maximum absolute atomic E-state index is 12.6. The predicted octanol–water partition coefficient (Wildman–Crippen LogP) is 2.73. The largest absolute Gasteiger partial charge is 0.352 e. The zero-order chi connectivity index (χ0) is 20.3. The third-order valence-electron chi connectivity index (χ3n) is 5.97. The number of rotatable bonds is 6. The summed E-state index contributed by atoms with van der Waals surface area (Å²) >= 11 is 0. The van der Waals surface area contributed by atoms with Crippen LogP contribution in [-0.2, 0) is 21.4 Å². The summed E-state index contributed by atoms with van der Waals surface area (Å²) < 4.78 is 0. The molecule has 2 aliphatic rings. The number of benzene rings is 1. The third kappa shape index (κ3) is 5.57. The van der Waals surface area contributed by atoms with Crippen LogP contribution in [0.2, 0.25) is 0 Å². The monoisotopic (exact) mass is 385 g/mol. The summed E-state index contributed by atoms with van der Waals surface area (Å²) in [5.41, 5.74) is 2.68. The zero-order valence-corrected chi connectivity index (χ0v) is 17.8. The molecule has 0 bridgehead atoms. The maximum atomic E-state index is 12.6. The van der Waals surface area contributed by atoms with Crippen molar-refractivity contribution in [2.75, 3.05) is 26.2 Å². The molecule has 2 amide bonds. The maximum Gasteiger partial charge on any atom is 0.237 e. The van der Waals surface area contributed by atoms with Crippen molar-refractivity contribution >= 4 is 11.8 Å². The second kappa shape index (κ2) is 8.64. The fraction of sp³-hybridized carbons (Fsp3) is 0.652. The highest BCUT2D eigenvalue weighted by Crippen LogP contribution is 2.23. The lowest BCUT2D eigenvalue weighted by molar-refractivity contribution is -0.134. The van der Waals surface area contributed by atoms with Crippen LogP contribution in [0.3, 0.4) is 0 Å². The molecule has 0 radical (unpaired) electrons. The molecule has 154 valence electrons. The van der Waals surface area contributed by atoms with Crippen molar-refractivity contribution in [2.45, 2.75) is 70.9 Å². The molecule has 1 unspecified atom stereocenters. The number of hydrogen-bond donors (Lipinski definition) is 1. The summed E-state index contributed by atoms with van der Waals surface area (Å²) in [7, 11) is 0. The summed E-state index contributed by atoms with van der Waals surface area (Å²) in [4.78, 5) is 28.9. The Morgan fingerprint density at radius 2 is 1.68 bits per heavy atom. The van der Waals surface area contributed by atoms with Crippen molar-refractivity contribution < 1.29 is 9.59 Å². The lowest BCUT2D eigenvalue weighted by atomic mass is 9.86. The van der Waals surface area contributed by atoms with E-state index in [1.54, 1.807) is 0 Å². The van der Waals surface area contributed by atoms with Crippen LogP contribution in [0.1, 0.15) is 58.1 Å². The number of carbonyl (C=O) groups is 2. The molecule has 1 aliphatic heterocycles. The molecule has 1 N–H and O–H groups in total. The molecule has 1 saturated heterocycles. The first kappa shape index (κ1) is 20.8. The number of aryl methyl sites for hydroxylation is 1. The minimum absolute atomic E-state index is 0.112. The fourth-order valence-electron chi connectivity index (χ4n) is 3.65. The van der Waals surface area contributed by atoms with Gasteiger partial charge in [-0.25, -0.2) is 0 Å². The Morgan fingerprint density at radius 3 is 2.21 bits per heavy atom. The number of nitrogens with zero attached hydrogens (tertiary/aromatic N) is 2. The molecule has 1 atom stereocenters. The van der Waals surface area contributed by atoms with E-state index in [9.17, 15) is 9.59 Å². The fourth-order valence-corrected chi connectivity index (χ4v) is 3.65. The van der Waals surface area contributed by atoms with E-state index in [-0.39, 0.29) is 23.3 Å². The van der Waals surface area contributed by atoms with Gasteiger partial charge in [0.05, 0.1) is 6.04 Å². The molecular weight excluding hydrogens is 350 g/mol. The molecule has 1 heterocycles. The van der Waals surface area contributed by atoms with Crippen LogP contribution in [-0.4, -0.2) is 59.9 Å². The molecule has 5 nitrogen and oxygen atoms in total. The first-order chi connectivity index (χ1) is 13.2. The number of amides is 2. The Kier molecular flexibility index (Phi) is 6.43. The highest BCUT2D eigenvalue weighted by atomic mass is 16.2.